The molecule has 0 saturated heterocycles. The molecule has 1 aromatic heterocycles. The summed E-state index contributed by atoms with van der Waals surface area (Å²) in [7, 11) is 5.51. The molecule has 0 atom stereocenters. The summed E-state index contributed by atoms with van der Waals surface area (Å²) in [5.41, 5.74) is 2.82. The summed E-state index contributed by atoms with van der Waals surface area (Å²) in [4.78, 5) is 32.6. The van der Waals surface area contributed by atoms with Gasteiger partial charge in [-0.25, -0.2) is 4.98 Å². The number of hydrogen-bond acceptors (Lipinski definition) is 6. The fourth-order valence-electron chi connectivity index (χ4n) is 3.34. The average molecular weight is 461 g/mol. The smallest absolute Gasteiger partial charge is 0.266 e. The molecule has 4 rings (SSSR count). The Morgan fingerprint density at radius 2 is 1.73 bits per heavy atom. The number of rotatable bonds is 7. The SMILES string of the molecule is COc1ccc(-n2c(SCC(=O)Nc3ccc(N(C)C)cc3)nc3ccccc3c2=O)cc1. The van der Waals surface area contributed by atoms with Crippen LogP contribution in [0.2, 0.25) is 0 Å². The molecular weight excluding hydrogens is 436 g/mol. The minimum Gasteiger partial charge on any atom is -0.497 e. The highest BCUT2D eigenvalue weighted by Gasteiger charge is 2.15. The molecule has 1 amide bonds. The normalized spacial score (nSPS) is 10.8. The number of methoxy groups -OCH3 is 1. The molecule has 0 fully saturated rings. The summed E-state index contributed by atoms with van der Waals surface area (Å²) in [5, 5.41) is 3.86. The molecule has 4 aromatic rings. The first-order valence-electron chi connectivity index (χ1n) is 10.3. The third-order valence-corrected chi connectivity index (χ3v) is 6.01. The van der Waals surface area contributed by atoms with Crippen LogP contribution in [0, 0.1) is 0 Å². The Morgan fingerprint density at radius 3 is 2.39 bits per heavy atom. The van der Waals surface area contributed by atoms with Gasteiger partial charge in [0.25, 0.3) is 5.56 Å². The highest BCUT2D eigenvalue weighted by atomic mass is 32.2. The van der Waals surface area contributed by atoms with E-state index < -0.39 is 0 Å². The first kappa shape index (κ1) is 22.4. The molecule has 0 aliphatic heterocycles. The Bertz CT molecular complexity index is 1330. The van der Waals surface area contributed by atoms with Crippen LogP contribution in [-0.4, -0.2) is 42.4 Å². The summed E-state index contributed by atoms with van der Waals surface area (Å²) >= 11 is 1.22. The number of carbonyl (C=O) groups excluding carboxylic acids is 1. The monoisotopic (exact) mass is 460 g/mol. The molecule has 8 heteroatoms. The molecule has 0 radical (unpaired) electrons. The maximum absolute atomic E-state index is 13.3. The Morgan fingerprint density at radius 1 is 1.03 bits per heavy atom. The highest BCUT2D eigenvalue weighted by Crippen LogP contribution is 2.23. The van der Waals surface area contributed by atoms with Crippen molar-refractivity contribution in [2.75, 3.05) is 37.2 Å². The summed E-state index contributed by atoms with van der Waals surface area (Å²) in [6.45, 7) is 0. The molecule has 1 heterocycles. The number of aromatic nitrogens is 2. The molecule has 168 valence electrons. The lowest BCUT2D eigenvalue weighted by molar-refractivity contribution is -0.113. The van der Waals surface area contributed by atoms with Crippen LogP contribution in [0.3, 0.4) is 0 Å². The lowest BCUT2D eigenvalue weighted by Gasteiger charge is -2.14. The van der Waals surface area contributed by atoms with Gasteiger partial charge in [-0.15, -0.1) is 0 Å². The van der Waals surface area contributed by atoms with E-state index in [1.165, 1.54) is 16.3 Å². The van der Waals surface area contributed by atoms with Crippen molar-refractivity contribution in [3.8, 4) is 11.4 Å². The Balaban J connectivity index is 1.60. The molecule has 0 saturated carbocycles. The molecule has 0 unspecified atom stereocenters. The number of hydrogen-bond donors (Lipinski definition) is 1. The third kappa shape index (κ3) is 5.01. The van der Waals surface area contributed by atoms with Gasteiger partial charge in [0.05, 0.1) is 29.5 Å². The lowest BCUT2D eigenvalue weighted by atomic mass is 10.2. The fraction of sp³-hybridized carbons (Fsp3) is 0.160. The van der Waals surface area contributed by atoms with Crippen LogP contribution >= 0.6 is 11.8 Å². The van der Waals surface area contributed by atoms with Crippen LogP contribution in [0.1, 0.15) is 0 Å². The maximum Gasteiger partial charge on any atom is 0.266 e. The van der Waals surface area contributed by atoms with E-state index in [0.717, 1.165) is 5.69 Å². The average Bonchev–Trinajstić information content (AvgIpc) is 2.83. The number of benzene rings is 3. The second-order valence-electron chi connectivity index (χ2n) is 7.53. The van der Waals surface area contributed by atoms with Gasteiger partial charge >= 0.3 is 0 Å². The predicted octanol–water partition coefficient (Wildman–Crippen LogP) is 4.19. The molecule has 0 aliphatic rings. The number of thioether (sulfide) groups is 1. The molecule has 0 aliphatic carbocycles. The molecule has 33 heavy (non-hydrogen) atoms. The summed E-state index contributed by atoms with van der Waals surface area (Å²) in [5.74, 6) is 0.617. The number of carbonyl (C=O) groups is 1. The predicted molar refractivity (Wildman–Crippen MR) is 134 cm³/mol. The number of anilines is 2. The van der Waals surface area contributed by atoms with Gasteiger partial charge in [0.15, 0.2) is 5.16 Å². The second kappa shape index (κ2) is 9.79. The summed E-state index contributed by atoms with van der Waals surface area (Å²) < 4.78 is 6.76. The van der Waals surface area contributed by atoms with Crippen LogP contribution in [0.4, 0.5) is 11.4 Å². The van der Waals surface area contributed by atoms with E-state index in [-0.39, 0.29) is 17.2 Å². The number of nitrogens with zero attached hydrogens (tertiary/aromatic N) is 3. The highest BCUT2D eigenvalue weighted by molar-refractivity contribution is 7.99. The van der Waals surface area contributed by atoms with Crippen molar-refractivity contribution in [3.05, 3.63) is 83.2 Å². The van der Waals surface area contributed by atoms with E-state index in [1.54, 1.807) is 43.5 Å². The maximum atomic E-state index is 13.3. The zero-order valence-corrected chi connectivity index (χ0v) is 19.4. The van der Waals surface area contributed by atoms with E-state index in [2.05, 4.69) is 10.3 Å². The van der Waals surface area contributed by atoms with Crippen molar-refractivity contribution in [1.29, 1.82) is 0 Å². The molecular formula is C25H24N4O3S. The van der Waals surface area contributed by atoms with Crippen molar-refractivity contribution in [2.45, 2.75) is 5.16 Å². The number of nitrogens with one attached hydrogen (secondary N) is 1. The largest absolute Gasteiger partial charge is 0.497 e. The second-order valence-corrected chi connectivity index (χ2v) is 8.47. The van der Waals surface area contributed by atoms with Crippen LogP contribution in [0.25, 0.3) is 16.6 Å². The number of fused-ring (bicyclic) bond motifs is 1. The minimum absolute atomic E-state index is 0.108. The number of ether oxygens (including phenoxy) is 1. The van der Waals surface area contributed by atoms with E-state index in [0.29, 0.717) is 33.2 Å². The van der Waals surface area contributed by atoms with Crippen LogP contribution in [-0.2, 0) is 4.79 Å². The zero-order chi connectivity index (χ0) is 23.4. The first-order chi connectivity index (χ1) is 16.0. The van der Waals surface area contributed by atoms with Gasteiger partial charge in [-0.2, -0.15) is 0 Å². The van der Waals surface area contributed by atoms with Crippen LogP contribution in [0.5, 0.6) is 5.75 Å². The van der Waals surface area contributed by atoms with Gasteiger partial charge in [0, 0.05) is 25.5 Å². The van der Waals surface area contributed by atoms with Gasteiger partial charge in [0.2, 0.25) is 5.91 Å². The Labute approximate surface area is 196 Å². The third-order valence-electron chi connectivity index (χ3n) is 5.08. The van der Waals surface area contributed by atoms with Crippen LogP contribution < -0.4 is 20.5 Å². The Hall–Kier alpha value is -3.78. The van der Waals surface area contributed by atoms with Crippen LogP contribution in [0.15, 0.2) is 82.7 Å². The standard InChI is InChI=1S/C25H24N4O3S/c1-28(2)18-10-8-17(9-11-18)26-23(30)16-33-25-27-22-7-5-4-6-21(22)24(31)29(25)19-12-14-20(32-3)15-13-19/h4-15H,16H2,1-3H3,(H,26,30). The first-order valence-corrected chi connectivity index (χ1v) is 11.3. The Kier molecular flexibility index (Phi) is 6.65. The minimum atomic E-state index is -0.187. The zero-order valence-electron chi connectivity index (χ0n) is 18.6. The molecule has 7 nitrogen and oxygen atoms in total. The van der Waals surface area contributed by atoms with Gasteiger partial charge in [0.1, 0.15) is 5.75 Å². The fourth-order valence-corrected chi connectivity index (χ4v) is 4.15. The van der Waals surface area contributed by atoms with Gasteiger partial charge in [-0.3, -0.25) is 14.2 Å². The summed E-state index contributed by atoms with van der Waals surface area (Å²) in [6.07, 6.45) is 0. The van der Waals surface area contributed by atoms with Gasteiger partial charge in [-0.1, -0.05) is 23.9 Å². The van der Waals surface area contributed by atoms with E-state index in [9.17, 15) is 9.59 Å². The molecule has 3 aromatic carbocycles. The summed E-state index contributed by atoms with van der Waals surface area (Å²) in [6, 6.07) is 22.0. The number of amides is 1. The molecule has 1 N–H and O–H groups in total. The van der Waals surface area contributed by atoms with Gasteiger partial charge < -0.3 is 15.0 Å². The topological polar surface area (TPSA) is 76.5 Å². The lowest BCUT2D eigenvalue weighted by Crippen LogP contribution is -2.23. The van der Waals surface area contributed by atoms with E-state index in [4.69, 9.17) is 4.74 Å². The number of para-hydroxylation sites is 1. The van der Waals surface area contributed by atoms with E-state index in [1.807, 2.05) is 55.4 Å². The van der Waals surface area contributed by atoms with Gasteiger partial charge in [-0.05, 0) is 60.7 Å². The van der Waals surface area contributed by atoms with Crippen molar-refractivity contribution in [3.63, 3.8) is 0 Å². The van der Waals surface area contributed by atoms with Crippen molar-refractivity contribution < 1.29 is 9.53 Å². The van der Waals surface area contributed by atoms with Crippen molar-refractivity contribution in [2.24, 2.45) is 0 Å². The quantitative estimate of drug-likeness (QED) is 0.329. The molecule has 0 bridgehead atoms. The van der Waals surface area contributed by atoms with E-state index >= 15 is 0 Å². The van der Waals surface area contributed by atoms with Crippen molar-refractivity contribution >= 4 is 39.9 Å². The van der Waals surface area contributed by atoms with Crippen molar-refractivity contribution in [1.82, 2.24) is 9.55 Å². The molecule has 0 spiro atoms.